The molecule has 0 spiro atoms. The Morgan fingerprint density at radius 2 is 1.91 bits per heavy atom. The van der Waals surface area contributed by atoms with E-state index >= 15 is 0 Å². The fourth-order valence-electron chi connectivity index (χ4n) is 3.46. The number of carboxylic acid groups (broad SMARTS) is 1. The van der Waals surface area contributed by atoms with Crippen LogP contribution in [0.2, 0.25) is 0 Å². The van der Waals surface area contributed by atoms with Gasteiger partial charge in [-0.1, -0.05) is 12.1 Å². The van der Waals surface area contributed by atoms with Gasteiger partial charge in [0, 0.05) is 31.1 Å². The Kier molecular flexibility index (Phi) is 5.38. The summed E-state index contributed by atoms with van der Waals surface area (Å²) in [6, 6.07) is 16.0. The molecule has 0 unspecified atom stereocenters. The Morgan fingerprint density at radius 3 is 2.65 bits per heavy atom. The topological polar surface area (TPSA) is 118 Å². The van der Waals surface area contributed by atoms with Crippen LogP contribution in [0.15, 0.2) is 67.0 Å². The first-order valence-corrected chi connectivity index (χ1v) is 10.3. The first-order valence-electron chi connectivity index (χ1n) is 10.3. The van der Waals surface area contributed by atoms with Crippen molar-refractivity contribution in [3.63, 3.8) is 0 Å². The van der Waals surface area contributed by atoms with Gasteiger partial charge in [-0.3, -0.25) is 4.98 Å². The predicted molar refractivity (Wildman–Crippen MR) is 124 cm³/mol. The number of H-pyrrole nitrogens is 1. The number of hydrogen-bond acceptors (Lipinski definition) is 6. The minimum atomic E-state index is -1.10. The van der Waals surface area contributed by atoms with Crippen LogP contribution < -0.4 is 10.1 Å². The molecule has 0 aliphatic carbocycles. The lowest BCUT2D eigenvalue weighted by Gasteiger charge is -2.07. The van der Waals surface area contributed by atoms with Crippen molar-refractivity contribution >= 4 is 28.6 Å². The van der Waals surface area contributed by atoms with E-state index in [1.807, 2.05) is 41.9 Å². The SMILES string of the molecule is Cn1c(Nc2ccc(CF)cc2)nc2cc(Oc3ccnc(-c4ncc(C(=O)O)[nH]4)c3)ccc21. The Labute approximate surface area is 192 Å². The van der Waals surface area contributed by atoms with Crippen molar-refractivity contribution in [2.24, 2.45) is 7.05 Å². The van der Waals surface area contributed by atoms with Gasteiger partial charge in [-0.2, -0.15) is 0 Å². The zero-order valence-electron chi connectivity index (χ0n) is 18.0. The number of nitrogens with zero attached hydrogens (tertiary/aromatic N) is 4. The zero-order valence-corrected chi connectivity index (χ0v) is 18.0. The summed E-state index contributed by atoms with van der Waals surface area (Å²) < 4.78 is 20.7. The van der Waals surface area contributed by atoms with Crippen LogP contribution in [0.4, 0.5) is 16.0 Å². The quantitative estimate of drug-likeness (QED) is 0.312. The number of imidazole rings is 2. The van der Waals surface area contributed by atoms with Gasteiger partial charge in [0.2, 0.25) is 5.95 Å². The number of carbonyl (C=O) groups is 1. The Morgan fingerprint density at radius 1 is 1.12 bits per heavy atom. The lowest BCUT2D eigenvalue weighted by atomic mass is 10.2. The van der Waals surface area contributed by atoms with Gasteiger partial charge in [0.05, 0.1) is 17.2 Å². The second kappa shape index (κ2) is 8.66. The van der Waals surface area contributed by atoms with E-state index in [1.54, 1.807) is 30.5 Å². The molecule has 0 atom stereocenters. The first kappa shape index (κ1) is 21.1. The summed E-state index contributed by atoms with van der Waals surface area (Å²) in [5.41, 5.74) is 3.49. The molecular weight excluding hydrogens is 439 g/mol. The van der Waals surface area contributed by atoms with Crippen LogP contribution in [0.25, 0.3) is 22.6 Å². The number of alkyl halides is 1. The maximum absolute atomic E-state index is 12.7. The van der Waals surface area contributed by atoms with Crippen molar-refractivity contribution in [1.82, 2.24) is 24.5 Å². The van der Waals surface area contributed by atoms with Crippen molar-refractivity contribution < 1.29 is 19.0 Å². The number of halogens is 1. The maximum Gasteiger partial charge on any atom is 0.353 e. The largest absolute Gasteiger partial charge is 0.477 e. The standard InChI is InChI=1S/C24H19FN6O3/c1-31-21-7-6-16(10-18(21)30-24(31)28-15-4-2-14(12-25)3-5-15)34-17-8-9-26-19(11-17)22-27-13-20(29-22)23(32)33/h2-11,13H,12H2,1H3,(H,27,29)(H,28,30)(H,32,33). The number of carboxylic acids is 1. The summed E-state index contributed by atoms with van der Waals surface area (Å²) in [5.74, 6) is 0.962. The van der Waals surface area contributed by atoms with Crippen molar-refractivity contribution in [3.05, 3.63) is 78.2 Å². The fraction of sp³-hybridized carbons (Fsp3) is 0.0833. The van der Waals surface area contributed by atoms with Gasteiger partial charge in [0.25, 0.3) is 0 Å². The third-order valence-electron chi connectivity index (χ3n) is 5.23. The number of nitrogens with one attached hydrogen (secondary N) is 2. The summed E-state index contributed by atoms with van der Waals surface area (Å²) in [7, 11) is 1.90. The molecule has 0 bridgehead atoms. The zero-order chi connectivity index (χ0) is 23.7. The third kappa shape index (κ3) is 4.16. The van der Waals surface area contributed by atoms with Gasteiger partial charge in [0.1, 0.15) is 29.6 Å². The summed E-state index contributed by atoms with van der Waals surface area (Å²) in [6.45, 7) is -0.501. The van der Waals surface area contributed by atoms with Gasteiger partial charge >= 0.3 is 5.97 Å². The summed E-state index contributed by atoms with van der Waals surface area (Å²) >= 11 is 0. The molecule has 0 saturated heterocycles. The monoisotopic (exact) mass is 458 g/mol. The summed E-state index contributed by atoms with van der Waals surface area (Å²) in [6.07, 6.45) is 2.80. The third-order valence-corrected chi connectivity index (χ3v) is 5.23. The molecule has 0 saturated carbocycles. The molecule has 0 radical (unpaired) electrons. The molecule has 5 rings (SSSR count). The summed E-state index contributed by atoms with van der Waals surface area (Å²) in [5, 5.41) is 12.3. The smallest absolute Gasteiger partial charge is 0.353 e. The summed E-state index contributed by atoms with van der Waals surface area (Å²) in [4.78, 5) is 26.7. The fourth-order valence-corrected chi connectivity index (χ4v) is 3.46. The number of aromatic amines is 1. The number of benzene rings is 2. The molecule has 3 heterocycles. The lowest BCUT2D eigenvalue weighted by molar-refractivity contribution is 0.0691. The number of aromatic nitrogens is 5. The second-order valence-electron chi connectivity index (χ2n) is 7.53. The molecule has 3 aromatic heterocycles. The van der Waals surface area contributed by atoms with E-state index in [1.165, 1.54) is 6.20 Å². The average Bonchev–Trinajstić information content (AvgIpc) is 3.45. The Balaban J connectivity index is 1.37. The van der Waals surface area contributed by atoms with Gasteiger partial charge in [-0.15, -0.1) is 0 Å². The molecule has 170 valence electrons. The number of ether oxygens (including phenoxy) is 1. The molecule has 0 aliphatic rings. The van der Waals surface area contributed by atoms with Crippen LogP contribution in [0.1, 0.15) is 16.1 Å². The molecule has 3 N–H and O–H groups in total. The molecule has 0 amide bonds. The number of pyridine rings is 1. The van der Waals surface area contributed by atoms with Crippen LogP contribution in [0.3, 0.4) is 0 Å². The van der Waals surface area contributed by atoms with Crippen molar-refractivity contribution in [1.29, 1.82) is 0 Å². The van der Waals surface area contributed by atoms with Gasteiger partial charge in [0.15, 0.2) is 5.82 Å². The normalized spacial score (nSPS) is 11.0. The number of anilines is 2. The predicted octanol–water partition coefficient (Wildman–Crippen LogP) is 5.06. The number of fused-ring (bicyclic) bond motifs is 1. The highest BCUT2D eigenvalue weighted by atomic mass is 19.1. The van der Waals surface area contributed by atoms with Crippen molar-refractivity contribution in [2.75, 3.05) is 5.32 Å². The van der Waals surface area contributed by atoms with Crippen molar-refractivity contribution in [3.8, 4) is 23.0 Å². The highest BCUT2D eigenvalue weighted by molar-refractivity contribution is 5.85. The molecule has 5 aromatic rings. The Bertz CT molecular complexity index is 1490. The Hall–Kier alpha value is -4.73. The van der Waals surface area contributed by atoms with E-state index in [2.05, 4.69) is 25.3 Å². The van der Waals surface area contributed by atoms with Gasteiger partial charge in [-0.05, 0) is 35.9 Å². The second-order valence-corrected chi connectivity index (χ2v) is 7.53. The number of hydrogen-bond donors (Lipinski definition) is 3. The number of aromatic carboxylic acids is 1. The van der Waals surface area contributed by atoms with Gasteiger partial charge < -0.3 is 24.7 Å². The maximum atomic E-state index is 12.7. The van der Waals surface area contributed by atoms with Crippen LogP contribution in [0, 0.1) is 0 Å². The van der Waals surface area contributed by atoms with E-state index in [4.69, 9.17) is 9.84 Å². The highest BCUT2D eigenvalue weighted by Gasteiger charge is 2.12. The molecule has 10 heteroatoms. The minimum absolute atomic E-state index is 0.0218. The van der Waals surface area contributed by atoms with E-state index in [9.17, 15) is 9.18 Å². The first-order chi connectivity index (χ1) is 16.5. The lowest BCUT2D eigenvalue weighted by Crippen LogP contribution is -1.99. The van der Waals surface area contributed by atoms with Crippen LogP contribution in [-0.4, -0.2) is 35.6 Å². The van der Waals surface area contributed by atoms with E-state index in [0.29, 0.717) is 34.5 Å². The molecule has 9 nitrogen and oxygen atoms in total. The minimum Gasteiger partial charge on any atom is -0.477 e. The van der Waals surface area contributed by atoms with Gasteiger partial charge in [-0.25, -0.2) is 19.2 Å². The number of aryl methyl sites for hydroxylation is 1. The van der Waals surface area contributed by atoms with E-state index in [0.717, 1.165) is 16.7 Å². The van der Waals surface area contributed by atoms with Crippen molar-refractivity contribution in [2.45, 2.75) is 6.67 Å². The molecule has 0 fully saturated rings. The molecule has 2 aromatic carbocycles. The van der Waals surface area contributed by atoms with Crippen LogP contribution in [-0.2, 0) is 13.7 Å². The average molecular weight is 458 g/mol. The molecular formula is C24H19FN6O3. The molecule has 0 aliphatic heterocycles. The van der Waals surface area contributed by atoms with E-state index in [-0.39, 0.29) is 5.69 Å². The van der Waals surface area contributed by atoms with Crippen LogP contribution in [0.5, 0.6) is 11.5 Å². The van der Waals surface area contributed by atoms with Crippen LogP contribution >= 0.6 is 0 Å². The number of rotatable bonds is 7. The van der Waals surface area contributed by atoms with E-state index < -0.39 is 12.6 Å². The highest BCUT2D eigenvalue weighted by Crippen LogP contribution is 2.29. The molecule has 34 heavy (non-hydrogen) atoms.